The van der Waals surface area contributed by atoms with Gasteiger partial charge in [-0.2, -0.15) is 10.2 Å². The van der Waals surface area contributed by atoms with E-state index in [1.165, 1.54) is 11.0 Å². The van der Waals surface area contributed by atoms with Crippen LogP contribution >= 0.6 is 0 Å². The Bertz CT molecular complexity index is 934. The van der Waals surface area contributed by atoms with Crippen LogP contribution in [-0.4, -0.2) is 47.1 Å². The van der Waals surface area contributed by atoms with E-state index in [4.69, 9.17) is 5.73 Å². The van der Waals surface area contributed by atoms with Crippen molar-refractivity contribution in [2.24, 2.45) is 5.73 Å². The van der Waals surface area contributed by atoms with Crippen molar-refractivity contribution in [1.29, 1.82) is 0 Å². The third-order valence-electron chi connectivity index (χ3n) is 5.89. The lowest BCUT2D eigenvalue weighted by molar-refractivity contribution is -0.119. The molecule has 0 unspecified atom stereocenters. The smallest absolute Gasteiger partial charge is 0.251 e. The van der Waals surface area contributed by atoms with E-state index in [-0.39, 0.29) is 30.3 Å². The molecule has 0 aliphatic heterocycles. The Morgan fingerprint density at radius 3 is 2.66 bits per heavy atom. The van der Waals surface area contributed by atoms with Crippen molar-refractivity contribution in [3.63, 3.8) is 0 Å². The monoisotopic (exact) mass is 408 g/mol. The number of hydrogen-bond acceptors (Lipinski definition) is 4. The highest BCUT2D eigenvalue weighted by atomic mass is 19.3. The molecule has 2 atom stereocenters. The van der Waals surface area contributed by atoms with Crippen LogP contribution in [-0.2, 0) is 10.2 Å². The summed E-state index contributed by atoms with van der Waals surface area (Å²) in [5.74, 6) is -1.99. The predicted molar refractivity (Wildman–Crippen MR) is 97.3 cm³/mol. The number of nitrogens with two attached hydrogens (primary N) is 1. The van der Waals surface area contributed by atoms with Crippen LogP contribution in [0, 0.1) is 11.6 Å². The van der Waals surface area contributed by atoms with Gasteiger partial charge in [0.15, 0.2) is 0 Å². The molecule has 2 bridgehead atoms. The van der Waals surface area contributed by atoms with Gasteiger partial charge < -0.3 is 5.73 Å². The van der Waals surface area contributed by atoms with E-state index in [0.29, 0.717) is 12.1 Å². The standard InChI is InChI=1S/C20H20F4N4O/c21-13-2-1-3-14(22)18(13)15-6-12-11-4-5-20(7-11,19(12)27-26-15)10-28(8-16(23)24)9-17(25)29/h1-3,6,11,16H,4-5,7-10H2,(H2,25,29)/t11-,20+/m1/s1. The van der Waals surface area contributed by atoms with Gasteiger partial charge in [0.1, 0.15) is 11.6 Å². The van der Waals surface area contributed by atoms with Gasteiger partial charge in [0.2, 0.25) is 5.91 Å². The number of rotatable bonds is 7. The van der Waals surface area contributed by atoms with Gasteiger partial charge >= 0.3 is 0 Å². The molecule has 4 rings (SSSR count). The van der Waals surface area contributed by atoms with Gasteiger partial charge in [-0.1, -0.05) is 6.07 Å². The van der Waals surface area contributed by atoms with Crippen molar-refractivity contribution >= 4 is 5.91 Å². The number of carbonyl (C=O) groups excluding carboxylic acids is 1. The van der Waals surface area contributed by atoms with Gasteiger partial charge in [-0.15, -0.1) is 0 Å². The summed E-state index contributed by atoms with van der Waals surface area (Å²) in [6.07, 6.45) is -0.373. The minimum absolute atomic E-state index is 0.114. The summed E-state index contributed by atoms with van der Waals surface area (Å²) in [4.78, 5) is 12.7. The molecule has 29 heavy (non-hydrogen) atoms. The first-order valence-corrected chi connectivity index (χ1v) is 9.40. The van der Waals surface area contributed by atoms with E-state index >= 15 is 0 Å². The molecule has 1 heterocycles. The second-order valence-corrected chi connectivity index (χ2v) is 7.88. The zero-order chi connectivity index (χ0) is 20.8. The lowest BCUT2D eigenvalue weighted by Gasteiger charge is -2.33. The first kappa shape index (κ1) is 19.8. The van der Waals surface area contributed by atoms with E-state index in [9.17, 15) is 22.4 Å². The van der Waals surface area contributed by atoms with E-state index in [1.54, 1.807) is 6.07 Å². The number of hydrogen-bond donors (Lipinski definition) is 1. The molecule has 9 heteroatoms. The number of amides is 1. The molecule has 1 aromatic heterocycles. The Morgan fingerprint density at radius 2 is 2.00 bits per heavy atom. The van der Waals surface area contributed by atoms with Gasteiger partial charge in [-0.25, -0.2) is 17.6 Å². The summed E-state index contributed by atoms with van der Waals surface area (Å²) in [6, 6.07) is 5.25. The van der Waals surface area contributed by atoms with Crippen LogP contribution in [0.5, 0.6) is 0 Å². The maximum Gasteiger partial charge on any atom is 0.251 e. The number of alkyl halides is 2. The molecule has 0 radical (unpaired) electrons. The second kappa shape index (κ2) is 7.37. The summed E-state index contributed by atoms with van der Waals surface area (Å²) in [6.45, 7) is -0.611. The molecule has 0 saturated heterocycles. The average molecular weight is 408 g/mol. The Labute approximate surface area is 164 Å². The molecule has 2 aromatic rings. The molecule has 1 saturated carbocycles. The topological polar surface area (TPSA) is 72.1 Å². The quantitative estimate of drug-likeness (QED) is 0.715. The first-order valence-electron chi connectivity index (χ1n) is 9.40. The minimum atomic E-state index is -2.60. The molecular weight excluding hydrogens is 388 g/mol. The van der Waals surface area contributed by atoms with Gasteiger partial charge in [0.05, 0.1) is 30.0 Å². The SMILES string of the molecule is NC(=O)CN(CC(F)F)C[C@]12CC[C@H](C1)c1cc(-c3c(F)cccc3F)nnc12. The fourth-order valence-electron chi connectivity index (χ4n) is 4.85. The molecule has 2 aliphatic rings. The highest BCUT2D eigenvalue weighted by Gasteiger charge is 2.51. The number of aromatic nitrogens is 2. The third-order valence-corrected chi connectivity index (χ3v) is 5.89. The number of halogens is 4. The molecule has 1 aromatic carbocycles. The summed E-state index contributed by atoms with van der Waals surface area (Å²) in [5.41, 5.74) is 6.11. The zero-order valence-electron chi connectivity index (χ0n) is 15.5. The van der Waals surface area contributed by atoms with Crippen molar-refractivity contribution in [2.45, 2.75) is 37.0 Å². The Morgan fingerprint density at radius 1 is 1.28 bits per heavy atom. The van der Waals surface area contributed by atoms with Crippen LogP contribution in [0.15, 0.2) is 24.3 Å². The van der Waals surface area contributed by atoms with Gasteiger partial charge in [0.25, 0.3) is 6.43 Å². The van der Waals surface area contributed by atoms with Crippen molar-refractivity contribution in [1.82, 2.24) is 15.1 Å². The number of primary amides is 1. The minimum Gasteiger partial charge on any atom is -0.369 e. The number of carbonyl (C=O) groups is 1. The fourth-order valence-corrected chi connectivity index (χ4v) is 4.85. The molecular formula is C20H20F4N4O. The Kier molecular flexibility index (Phi) is 5.02. The van der Waals surface area contributed by atoms with Crippen LogP contribution in [0.1, 0.15) is 36.4 Å². The zero-order valence-corrected chi connectivity index (χ0v) is 15.5. The largest absolute Gasteiger partial charge is 0.369 e. The molecule has 2 aliphatic carbocycles. The molecule has 5 nitrogen and oxygen atoms in total. The average Bonchev–Trinajstić information content (AvgIpc) is 3.17. The highest BCUT2D eigenvalue weighted by Crippen LogP contribution is 2.57. The lowest BCUT2D eigenvalue weighted by atomic mass is 9.82. The molecule has 0 spiro atoms. The van der Waals surface area contributed by atoms with Crippen molar-refractivity contribution in [3.8, 4) is 11.3 Å². The fraction of sp³-hybridized carbons (Fsp3) is 0.450. The Balaban J connectivity index is 1.68. The van der Waals surface area contributed by atoms with E-state index < -0.39 is 35.9 Å². The first-order chi connectivity index (χ1) is 13.8. The summed E-state index contributed by atoms with van der Waals surface area (Å²) < 4.78 is 54.2. The molecule has 1 amide bonds. The van der Waals surface area contributed by atoms with Crippen LogP contribution in [0.4, 0.5) is 17.6 Å². The summed E-state index contributed by atoms with van der Waals surface area (Å²) in [5, 5.41) is 8.32. The maximum absolute atomic E-state index is 14.1. The van der Waals surface area contributed by atoms with Crippen molar-refractivity contribution in [3.05, 3.63) is 47.2 Å². The van der Waals surface area contributed by atoms with Gasteiger partial charge in [-0.3, -0.25) is 9.69 Å². The van der Waals surface area contributed by atoms with E-state index in [2.05, 4.69) is 10.2 Å². The highest BCUT2D eigenvalue weighted by molar-refractivity contribution is 5.76. The maximum atomic E-state index is 14.1. The Hall–Kier alpha value is -2.55. The van der Waals surface area contributed by atoms with Gasteiger partial charge in [-0.05, 0) is 48.9 Å². The molecule has 2 N–H and O–H groups in total. The van der Waals surface area contributed by atoms with Crippen LogP contribution in [0.2, 0.25) is 0 Å². The van der Waals surface area contributed by atoms with Crippen molar-refractivity contribution < 1.29 is 22.4 Å². The number of benzene rings is 1. The van der Waals surface area contributed by atoms with E-state index in [0.717, 1.165) is 30.5 Å². The lowest BCUT2D eigenvalue weighted by Crippen LogP contribution is -2.45. The van der Waals surface area contributed by atoms with Crippen LogP contribution in [0.3, 0.4) is 0 Å². The normalized spacial score (nSPS) is 22.5. The van der Waals surface area contributed by atoms with Gasteiger partial charge in [0, 0.05) is 12.0 Å². The molecule has 154 valence electrons. The summed E-state index contributed by atoms with van der Waals surface area (Å²) in [7, 11) is 0. The summed E-state index contributed by atoms with van der Waals surface area (Å²) >= 11 is 0. The second-order valence-electron chi connectivity index (χ2n) is 7.88. The van der Waals surface area contributed by atoms with Crippen LogP contribution < -0.4 is 5.73 Å². The number of fused-ring (bicyclic) bond motifs is 5. The third kappa shape index (κ3) is 3.59. The van der Waals surface area contributed by atoms with Crippen molar-refractivity contribution in [2.75, 3.05) is 19.6 Å². The van der Waals surface area contributed by atoms with Crippen LogP contribution in [0.25, 0.3) is 11.3 Å². The molecule has 1 fully saturated rings. The number of nitrogens with zero attached hydrogens (tertiary/aromatic N) is 3. The van der Waals surface area contributed by atoms with E-state index in [1.807, 2.05) is 0 Å². The predicted octanol–water partition coefficient (Wildman–Crippen LogP) is 2.99.